The second-order valence-electron chi connectivity index (χ2n) is 4.29. The maximum Gasteiger partial charge on any atom is 0.171 e. The van der Waals surface area contributed by atoms with Gasteiger partial charge >= 0.3 is 0 Å². The van der Waals surface area contributed by atoms with E-state index in [-0.39, 0.29) is 24.8 Å². The van der Waals surface area contributed by atoms with Gasteiger partial charge in [0.2, 0.25) is 0 Å². The highest BCUT2D eigenvalue weighted by molar-refractivity contribution is 6.03. The largest absolute Gasteiger partial charge is 0.380 e. The third kappa shape index (κ3) is 3.48. The molecule has 1 unspecified atom stereocenters. The smallest absolute Gasteiger partial charge is 0.171 e. The summed E-state index contributed by atoms with van der Waals surface area (Å²) in [6.45, 7) is 0.975. The maximum absolute atomic E-state index is 11.8. The van der Waals surface area contributed by atoms with Gasteiger partial charge in [-0.25, -0.2) is 0 Å². The SMILES string of the molecule is O=C1CCOCC1C(=O)COCc1ccccc1. The summed E-state index contributed by atoms with van der Waals surface area (Å²) in [4.78, 5) is 23.3. The number of ketones is 2. The highest BCUT2D eigenvalue weighted by Gasteiger charge is 2.29. The molecule has 1 aromatic rings. The quantitative estimate of drug-likeness (QED) is 0.739. The number of ether oxygens (including phenoxy) is 2. The minimum absolute atomic E-state index is 0.0328. The van der Waals surface area contributed by atoms with Crippen molar-refractivity contribution < 1.29 is 19.1 Å². The van der Waals surface area contributed by atoms with Crippen LogP contribution in [0, 0.1) is 5.92 Å². The van der Waals surface area contributed by atoms with E-state index in [0.29, 0.717) is 19.6 Å². The molecule has 1 aliphatic rings. The highest BCUT2D eigenvalue weighted by atomic mass is 16.5. The molecule has 0 N–H and O–H groups in total. The molecule has 1 aromatic carbocycles. The number of carbonyl (C=O) groups is 2. The predicted molar refractivity (Wildman–Crippen MR) is 65.0 cm³/mol. The van der Waals surface area contributed by atoms with Crippen LogP contribution in [0.4, 0.5) is 0 Å². The molecule has 96 valence electrons. The van der Waals surface area contributed by atoms with Gasteiger partial charge in [-0.15, -0.1) is 0 Å². The van der Waals surface area contributed by atoms with Gasteiger partial charge in [0.1, 0.15) is 18.3 Å². The van der Waals surface area contributed by atoms with Crippen LogP contribution < -0.4 is 0 Å². The van der Waals surface area contributed by atoms with Gasteiger partial charge in [0.15, 0.2) is 5.78 Å². The number of hydrogen-bond donors (Lipinski definition) is 0. The summed E-state index contributed by atoms with van der Waals surface area (Å²) in [5.74, 6) is -0.847. The molecule has 1 aliphatic heterocycles. The van der Waals surface area contributed by atoms with E-state index < -0.39 is 5.92 Å². The van der Waals surface area contributed by atoms with Crippen LogP contribution in [0.3, 0.4) is 0 Å². The Morgan fingerprint density at radius 1 is 1.33 bits per heavy atom. The lowest BCUT2D eigenvalue weighted by molar-refractivity contribution is -0.142. The Morgan fingerprint density at radius 3 is 2.83 bits per heavy atom. The Bertz CT molecular complexity index is 413. The Balaban J connectivity index is 1.76. The van der Waals surface area contributed by atoms with Crippen molar-refractivity contribution in [1.82, 2.24) is 0 Å². The fraction of sp³-hybridized carbons (Fsp3) is 0.429. The van der Waals surface area contributed by atoms with Crippen LogP contribution in [0.1, 0.15) is 12.0 Å². The van der Waals surface area contributed by atoms with Gasteiger partial charge in [-0.2, -0.15) is 0 Å². The average molecular weight is 248 g/mol. The Labute approximate surface area is 106 Å². The summed E-state index contributed by atoms with van der Waals surface area (Å²) in [6.07, 6.45) is 0.328. The van der Waals surface area contributed by atoms with Crippen molar-refractivity contribution in [3.63, 3.8) is 0 Å². The Morgan fingerprint density at radius 2 is 2.11 bits per heavy atom. The van der Waals surface area contributed by atoms with Crippen molar-refractivity contribution in [2.24, 2.45) is 5.92 Å². The fourth-order valence-electron chi connectivity index (χ4n) is 1.86. The molecule has 0 saturated carbocycles. The summed E-state index contributed by atoms with van der Waals surface area (Å²) in [7, 11) is 0. The molecule has 1 saturated heterocycles. The molecular formula is C14H16O4. The summed E-state index contributed by atoms with van der Waals surface area (Å²) < 4.78 is 10.5. The lowest BCUT2D eigenvalue weighted by atomic mass is 9.96. The van der Waals surface area contributed by atoms with Gasteiger partial charge in [-0.3, -0.25) is 9.59 Å². The molecule has 0 aliphatic carbocycles. The summed E-state index contributed by atoms with van der Waals surface area (Å²) in [6, 6.07) is 9.61. The summed E-state index contributed by atoms with van der Waals surface area (Å²) in [5.41, 5.74) is 1.01. The third-order valence-electron chi connectivity index (χ3n) is 2.91. The summed E-state index contributed by atoms with van der Waals surface area (Å²) >= 11 is 0. The molecule has 4 heteroatoms. The summed E-state index contributed by atoms with van der Waals surface area (Å²) in [5, 5.41) is 0. The normalized spacial score (nSPS) is 19.8. The first-order valence-electron chi connectivity index (χ1n) is 6.02. The van der Waals surface area contributed by atoms with Crippen LogP contribution in [0.15, 0.2) is 30.3 Å². The van der Waals surface area contributed by atoms with Crippen molar-refractivity contribution >= 4 is 11.6 Å². The molecule has 2 rings (SSSR count). The third-order valence-corrected chi connectivity index (χ3v) is 2.91. The van der Waals surface area contributed by atoms with Crippen molar-refractivity contribution in [3.05, 3.63) is 35.9 Å². The first-order valence-corrected chi connectivity index (χ1v) is 6.02. The van der Waals surface area contributed by atoms with E-state index in [0.717, 1.165) is 5.56 Å². The zero-order chi connectivity index (χ0) is 12.8. The van der Waals surface area contributed by atoms with Crippen LogP contribution >= 0.6 is 0 Å². The molecule has 0 bridgehead atoms. The monoisotopic (exact) mass is 248 g/mol. The fourth-order valence-corrected chi connectivity index (χ4v) is 1.86. The van der Waals surface area contributed by atoms with Crippen molar-refractivity contribution in [2.75, 3.05) is 19.8 Å². The van der Waals surface area contributed by atoms with E-state index in [4.69, 9.17) is 9.47 Å². The molecule has 1 fully saturated rings. The Hall–Kier alpha value is -1.52. The van der Waals surface area contributed by atoms with Crippen LogP contribution in [-0.2, 0) is 25.7 Å². The van der Waals surface area contributed by atoms with E-state index in [2.05, 4.69) is 0 Å². The van der Waals surface area contributed by atoms with Gasteiger partial charge in [0, 0.05) is 6.42 Å². The van der Waals surface area contributed by atoms with Crippen LogP contribution in [0.5, 0.6) is 0 Å². The second kappa shape index (κ2) is 6.42. The molecule has 0 radical (unpaired) electrons. The zero-order valence-corrected chi connectivity index (χ0v) is 10.1. The van der Waals surface area contributed by atoms with Crippen LogP contribution in [0.2, 0.25) is 0 Å². The molecular weight excluding hydrogens is 232 g/mol. The molecule has 0 spiro atoms. The van der Waals surface area contributed by atoms with Gasteiger partial charge in [0.25, 0.3) is 0 Å². The van der Waals surface area contributed by atoms with E-state index in [1.165, 1.54) is 0 Å². The van der Waals surface area contributed by atoms with Gasteiger partial charge in [0.05, 0.1) is 19.8 Å². The van der Waals surface area contributed by atoms with E-state index >= 15 is 0 Å². The minimum Gasteiger partial charge on any atom is -0.380 e. The molecule has 1 atom stereocenters. The molecule has 0 aromatic heterocycles. The van der Waals surface area contributed by atoms with Gasteiger partial charge in [-0.1, -0.05) is 30.3 Å². The molecule has 4 nitrogen and oxygen atoms in total. The predicted octanol–water partition coefficient (Wildman–Crippen LogP) is 1.38. The molecule has 0 amide bonds. The first-order chi connectivity index (χ1) is 8.77. The van der Waals surface area contributed by atoms with E-state index in [1.54, 1.807) is 0 Å². The van der Waals surface area contributed by atoms with E-state index in [9.17, 15) is 9.59 Å². The van der Waals surface area contributed by atoms with Crippen LogP contribution in [0.25, 0.3) is 0 Å². The molecule has 1 heterocycles. The maximum atomic E-state index is 11.8. The number of Topliss-reactive ketones (excluding diaryl/α,β-unsaturated/α-hetero) is 2. The minimum atomic E-state index is -0.630. The molecule has 18 heavy (non-hydrogen) atoms. The zero-order valence-electron chi connectivity index (χ0n) is 10.1. The van der Waals surface area contributed by atoms with E-state index in [1.807, 2.05) is 30.3 Å². The number of benzene rings is 1. The number of rotatable bonds is 5. The first kappa shape index (κ1) is 12.9. The van der Waals surface area contributed by atoms with Crippen molar-refractivity contribution in [1.29, 1.82) is 0 Å². The van der Waals surface area contributed by atoms with Gasteiger partial charge in [-0.05, 0) is 5.56 Å². The lowest BCUT2D eigenvalue weighted by Crippen LogP contribution is -2.35. The van der Waals surface area contributed by atoms with Crippen LogP contribution in [-0.4, -0.2) is 31.4 Å². The lowest BCUT2D eigenvalue weighted by Gasteiger charge is -2.19. The van der Waals surface area contributed by atoms with Crippen molar-refractivity contribution in [2.45, 2.75) is 13.0 Å². The topological polar surface area (TPSA) is 52.6 Å². The number of hydrogen-bond acceptors (Lipinski definition) is 4. The van der Waals surface area contributed by atoms with Crippen molar-refractivity contribution in [3.8, 4) is 0 Å². The second-order valence-corrected chi connectivity index (χ2v) is 4.29. The standard InChI is InChI=1S/C14H16O4/c15-13-6-7-17-9-12(13)14(16)10-18-8-11-4-2-1-3-5-11/h1-5,12H,6-10H2. The highest BCUT2D eigenvalue weighted by Crippen LogP contribution is 2.11. The average Bonchev–Trinajstić information content (AvgIpc) is 2.40. The number of carbonyl (C=O) groups excluding carboxylic acids is 2. The Kier molecular flexibility index (Phi) is 4.61. The van der Waals surface area contributed by atoms with Gasteiger partial charge < -0.3 is 9.47 Å².